The first-order chi connectivity index (χ1) is 11.8. The summed E-state index contributed by atoms with van der Waals surface area (Å²) in [6.45, 7) is 4.90. The topological polar surface area (TPSA) is 35.8 Å². The summed E-state index contributed by atoms with van der Waals surface area (Å²) >= 11 is 0. The first-order valence-electron chi connectivity index (χ1n) is 10.4. The summed E-state index contributed by atoms with van der Waals surface area (Å²) in [5, 5.41) is 9.68. The highest BCUT2D eigenvalue weighted by Crippen LogP contribution is 2.17. The average Bonchev–Trinajstić information content (AvgIpc) is 3.04. The lowest BCUT2D eigenvalue weighted by Gasteiger charge is -2.25. The molecule has 0 amide bonds. The molecular formula is C21H40N2O. The molecule has 0 aliphatic carbocycles. The molecule has 24 heavy (non-hydrogen) atoms. The number of hydrogen-bond acceptors (Lipinski definition) is 3. The van der Waals surface area contributed by atoms with Gasteiger partial charge in [-0.1, -0.05) is 64.0 Å². The second-order valence-corrected chi connectivity index (χ2v) is 7.16. The van der Waals surface area contributed by atoms with Gasteiger partial charge < -0.3 is 5.11 Å². The summed E-state index contributed by atoms with van der Waals surface area (Å²) in [6.07, 6.45) is 23.6. The number of rotatable bonds is 15. The zero-order valence-corrected chi connectivity index (χ0v) is 16.1. The van der Waals surface area contributed by atoms with E-state index in [-0.39, 0.29) is 12.4 Å². The normalized spacial score (nSPS) is 19.5. The summed E-state index contributed by atoms with van der Waals surface area (Å²) in [5.41, 5.74) is 0. The molecule has 0 fully saturated rings. The Labute approximate surface area is 150 Å². The minimum Gasteiger partial charge on any atom is -0.379 e. The van der Waals surface area contributed by atoms with Crippen LogP contribution in [0.1, 0.15) is 97.3 Å². The van der Waals surface area contributed by atoms with Crippen LogP contribution < -0.4 is 0 Å². The third-order valence-electron chi connectivity index (χ3n) is 4.91. The van der Waals surface area contributed by atoms with Crippen LogP contribution in [0.4, 0.5) is 0 Å². The van der Waals surface area contributed by atoms with Gasteiger partial charge in [-0.3, -0.25) is 9.89 Å². The minimum atomic E-state index is -0.377. The Morgan fingerprint density at radius 3 is 2.21 bits per heavy atom. The maximum absolute atomic E-state index is 9.68. The predicted molar refractivity (Wildman–Crippen MR) is 106 cm³/mol. The van der Waals surface area contributed by atoms with Crippen LogP contribution >= 0.6 is 0 Å². The van der Waals surface area contributed by atoms with Gasteiger partial charge >= 0.3 is 0 Å². The number of aliphatic imine (C=N–C) groups is 1. The fraction of sp³-hybridized carbons (Fsp3) is 0.857. The van der Waals surface area contributed by atoms with Crippen molar-refractivity contribution in [1.29, 1.82) is 0 Å². The first-order valence-corrected chi connectivity index (χ1v) is 10.4. The lowest BCUT2D eigenvalue weighted by Crippen LogP contribution is -2.37. The lowest BCUT2D eigenvalue weighted by molar-refractivity contribution is 0.00710. The van der Waals surface area contributed by atoms with Gasteiger partial charge in [0, 0.05) is 12.8 Å². The van der Waals surface area contributed by atoms with Gasteiger partial charge in [0.25, 0.3) is 0 Å². The van der Waals surface area contributed by atoms with Crippen molar-refractivity contribution in [2.24, 2.45) is 4.99 Å². The van der Waals surface area contributed by atoms with Crippen LogP contribution in [0.25, 0.3) is 0 Å². The van der Waals surface area contributed by atoms with E-state index in [1.165, 1.54) is 77.0 Å². The largest absolute Gasteiger partial charge is 0.379 e. The number of aliphatic hydroxyl groups is 1. The Balaban J connectivity index is 1.83. The molecule has 1 aliphatic rings. The second kappa shape index (κ2) is 14.7. The van der Waals surface area contributed by atoms with Crippen molar-refractivity contribution in [3.8, 4) is 0 Å². The fourth-order valence-corrected chi connectivity index (χ4v) is 3.33. The van der Waals surface area contributed by atoms with Crippen molar-refractivity contribution in [2.75, 3.05) is 6.54 Å². The predicted octanol–water partition coefficient (Wildman–Crippen LogP) is 5.68. The SMILES string of the molecule is CCCCC/C=C/CCCCCCCCCC1N=CCN1C(C)O. The van der Waals surface area contributed by atoms with E-state index in [9.17, 15) is 5.11 Å². The quantitative estimate of drug-likeness (QED) is 0.308. The van der Waals surface area contributed by atoms with E-state index in [0.29, 0.717) is 0 Å². The Morgan fingerprint density at radius 2 is 1.58 bits per heavy atom. The number of nitrogens with zero attached hydrogens (tertiary/aromatic N) is 2. The third-order valence-corrected chi connectivity index (χ3v) is 4.91. The van der Waals surface area contributed by atoms with E-state index in [1.807, 2.05) is 13.1 Å². The van der Waals surface area contributed by atoms with Crippen LogP contribution in [0.3, 0.4) is 0 Å². The Morgan fingerprint density at radius 1 is 1.00 bits per heavy atom. The highest BCUT2D eigenvalue weighted by Gasteiger charge is 2.23. The maximum atomic E-state index is 9.68. The van der Waals surface area contributed by atoms with E-state index in [4.69, 9.17) is 0 Å². The van der Waals surface area contributed by atoms with Gasteiger partial charge in [0.1, 0.15) is 12.4 Å². The standard InChI is InChI=1S/C21H40N2O/c1-3-4-5-6-7-8-9-10-11-12-13-14-15-16-17-21-22-18-19-23(21)20(2)24/h7-8,18,20-21,24H,3-6,9-17,19H2,1-2H3/b8-7+. The molecule has 2 atom stereocenters. The average molecular weight is 337 g/mol. The van der Waals surface area contributed by atoms with Crippen LogP contribution in [-0.2, 0) is 0 Å². The van der Waals surface area contributed by atoms with Crippen LogP contribution in [-0.4, -0.2) is 35.2 Å². The Hall–Kier alpha value is -0.670. The molecule has 3 heteroatoms. The molecule has 1 N–H and O–H groups in total. The molecule has 0 saturated carbocycles. The molecule has 3 nitrogen and oxygen atoms in total. The molecule has 1 rings (SSSR count). The first kappa shape index (κ1) is 21.4. The van der Waals surface area contributed by atoms with E-state index in [0.717, 1.165) is 13.0 Å². The smallest absolute Gasteiger partial charge is 0.106 e. The molecule has 1 aliphatic heterocycles. The Bertz CT molecular complexity index is 339. The van der Waals surface area contributed by atoms with E-state index in [1.54, 1.807) is 0 Å². The van der Waals surface area contributed by atoms with Crippen molar-refractivity contribution >= 4 is 6.21 Å². The van der Waals surface area contributed by atoms with Crippen molar-refractivity contribution in [3.05, 3.63) is 12.2 Å². The number of hydrogen-bond donors (Lipinski definition) is 1. The third kappa shape index (κ3) is 10.2. The van der Waals surface area contributed by atoms with Gasteiger partial charge in [-0.2, -0.15) is 0 Å². The van der Waals surface area contributed by atoms with Crippen molar-refractivity contribution in [1.82, 2.24) is 4.90 Å². The molecule has 0 aromatic carbocycles. The molecule has 0 spiro atoms. The zero-order chi connectivity index (χ0) is 17.5. The molecule has 0 aromatic heterocycles. The number of allylic oxidation sites excluding steroid dienone is 2. The molecule has 2 unspecified atom stereocenters. The molecule has 1 heterocycles. The highest BCUT2D eigenvalue weighted by molar-refractivity contribution is 5.62. The summed E-state index contributed by atoms with van der Waals surface area (Å²) in [5.74, 6) is 0. The van der Waals surface area contributed by atoms with Crippen LogP contribution in [0.15, 0.2) is 17.1 Å². The molecule has 140 valence electrons. The summed E-state index contributed by atoms with van der Waals surface area (Å²) in [6, 6.07) is 0. The van der Waals surface area contributed by atoms with Crippen molar-refractivity contribution in [2.45, 2.75) is 110 Å². The zero-order valence-electron chi connectivity index (χ0n) is 16.1. The van der Waals surface area contributed by atoms with Gasteiger partial charge in [0.05, 0.1) is 0 Å². The molecule has 0 saturated heterocycles. The fourth-order valence-electron chi connectivity index (χ4n) is 3.33. The van der Waals surface area contributed by atoms with Crippen molar-refractivity contribution in [3.63, 3.8) is 0 Å². The maximum Gasteiger partial charge on any atom is 0.106 e. The van der Waals surface area contributed by atoms with Crippen LogP contribution in [0, 0.1) is 0 Å². The minimum absolute atomic E-state index is 0.217. The second-order valence-electron chi connectivity index (χ2n) is 7.16. The lowest BCUT2D eigenvalue weighted by atomic mass is 10.1. The van der Waals surface area contributed by atoms with Crippen LogP contribution in [0.5, 0.6) is 0 Å². The molecule has 0 bridgehead atoms. The summed E-state index contributed by atoms with van der Waals surface area (Å²) in [7, 11) is 0. The number of aliphatic hydroxyl groups excluding tert-OH is 1. The number of unbranched alkanes of at least 4 members (excludes halogenated alkanes) is 10. The Kier molecular flexibility index (Phi) is 13.1. The summed E-state index contributed by atoms with van der Waals surface area (Å²) < 4.78 is 0. The van der Waals surface area contributed by atoms with Gasteiger partial charge in [-0.05, 0) is 45.4 Å². The van der Waals surface area contributed by atoms with Gasteiger partial charge in [0.15, 0.2) is 0 Å². The van der Waals surface area contributed by atoms with Crippen molar-refractivity contribution < 1.29 is 5.11 Å². The van der Waals surface area contributed by atoms with E-state index >= 15 is 0 Å². The van der Waals surface area contributed by atoms with E-state index < -0.39 is 0 Å². The molecule has 0 radical (unpaired) electrons. The molecule has 0 aromatic rings. The van der Waals surface area contributed by atoms with Crippen LogP contribution in [0.2, 0.25) is 0 Å². The van der Waals surface area contributed by atoms with Gasteiger partial charge in [-0.15, -0.1) is 0 Å². The summed E-state index contributed by atoms with van der Waals surface area (Å²) in [4.78, 5) is 6.54. The highest BCUT2D eigenvalue weighted by atomic mass is 16.3. The van der Waals surface area contributed by atoms with E-state index in [2.05, 4.69) is 29.0 Å². The monoisotopic (exact) mass is 336 g/mol. The van der Waals surface area contributed by atoms with Gasteiger partial charge in [0.2, 0.25) is 0 Å². The van der Waals surface area contributed by atoms with Gasteiger partial charge in [-0.25, -0.2) is 0 Å². The molecular weight excluding hydrogens is 296 g/mol.